The number of aromatic nitrogens is 1. The third-order valence-electron chi connectivity index (χ3n) is 1.83. The molecule has 1 rings (SSSR count). The molecule has 0 saturated heterocycles. The van der Waals surface area contributed by atoms with Gasteiger partial charge in [0.15, 0.2) is 0 Å². The Balaban J connectivity index is 2.31. The quantitative estimate of drug-likeness (QED) is 0.815. The molecular formula is C10H15FN2S. The van der Waals surface area contributed by atoms with Crippen LogP contribution >= 0.6 is 11.8 Å². The van der Waals surface area contributed by atoms with E-state index in [4.69, 9.17) is 5.73 Å². The lowest BCUT2D eigenvalue weighted by Gasteiger charge is -2.07. The largest absolute Gasteiger partial charge is 0.330 e. The SMILES string of the molecule is CC(CN)CSCc1cncc(F)c1. The lowest BCUT2D eigenvalue weighted by molar-refractivity contribution is 0.619. The van der Waals surface area contributed by atoms with Crippen molar-refractivity contribution in [3.05, 3.63) is 29.8 Å². The topological polar surface area (TPSA) is 38.9 Å². The van der Waals surface area contributed by atoms with E-state index in [1.54, 1.807) is 18.0 Å². The van der Waals surface area contributed by atoms with Gasteiger partial charge < -0.3 is 5.73 Å². The predicted octanol–water partition coefficient (Wildman–Crippen LogP) is 2.05. The van der Waals surface area contributed by atoms with Crippen LogP contribution in [0.3, 0.4) is 0 Å². The van der Waals surface area contributed by atoms with Crippen LogP contribution in [0.1, 0.15) is 12.5 Å². The monoisotopic (exact) mass is 214 g/mol. The minimum Gasteiger partial charge on any atom is -0.330 e. The molecule has 1 unspecified atom stereocenters. The van der Waals surface area contributed by atoms with Crippen molar-refractivity contribution in [1.29, 1.82) is 0 Å². The van der Waals surface area contributed by atoms with E-state index >= 15 is 0 Å². The first-order chi connectivity index (χ1) is 6.72. The summed E-state index contributed by atoms with van der Waals surface area (Å²) in [5.74, 6) is 2.05. The molecule has 78 valence electrons. The van der Waals surface area contributed by atoms with E-state index in [0.717, 1.165) is 17.1 Å². The second-order valence-electron chi connectivity index (χ2n) is 3.37. The van der Waals surface area contributed by atoms with Gasteiger partial charge in [-0.3, -0.25) is 4.98 Å². The Morgan fingerprint density at radius 1 is 1.57 bits per heavy atom. The highest BCUT2D eigenvalue weighted by Gasteiger charge is 2.00. The summed E-state index contributed by atoms with van der Waals surface area (Å²) in [6.45, 7) is 2.81. The summed E-state index contributed by atoms with van der Waals surface area (Å²) in [6, 6.07) is 1.52. The molecule has 1 aromatic heterocycles. The van der Waals surface area contributed by atoms with Crippen molar-refractivity contribution in [2.24, 2.45) is 11.7 Å². The van der Waals surface area contributed by atoms with Gasteiger partial charge in [-0.1, -0.05) is 6.92 Å². The average Bonchev–Trinajstić information content (AvgIpc) is 2.17. The molecule has 0 aliphatic carbocycles. The molecule has 1 heterocycles. The molecule has 0 radical (unpaired) electrons. The summed E-state index contributed by atoms with van der Waals surface area (Å²) >= 11 is 1.76. The molecule has 1 atom stereocenters. The Bertz CT molecular complexity index is 281. The zero-order valence-electron chi connectivity index (χ0n) is 8.24. The number of nitrogens with two attached hydrogens (primary N) is 1. The van der Waals surface area contributed by atoms with E-state index in [-0.39, 0.29) is 5.82 Å². The molecule has 0 aliphatic heterocycles. The molecule has 2 nitrogen and oxygen atoms in total. The first kappa shape index (κ1) is 11.5. The fraction of sp³-hybridized carbons (Fsp3) is 0.500. The highest BCUT2D eigenvalue weighted by atomic mass is 32.2. The van der Waals surface area contributed by atoms with Crippen molar-refractivity contribution in [2.45, 2.75) is 12.7 Å². The van der Waals surface area contributed by atoms with Crippen molar-refractivity contribution >= 4 is 11.8 Å². The molecule has 14 heavy (non-hydrogen) atoms. The Morgan fingerprint density at radius 3 is 3.00 bits per heavy atom. The molecule has 0 fully saturated rings. The maximum atomic E-state index is 12.7. The van der Waals surface area contributed by atoms with Crippen LogP contribution in [0, 0.1) is 11.7 Å². The smallest absolute Gasteiger partial charge is 0.141 e. The lowest BCUT2D eigenvalue weighted by atomic mass is 10.2. The van der Waals surface area contributed by atoms with E-state index in [2.05, 4.69) is 11.9 Å². The first-order valence-electron chi connectivity index (χ1n) is 4.59. The van der Waals surface area contributed by atoms with Gasteiger partial charge in [0.25, 0.3) is 0 Å². The maximum absolute atomic E-state index is 12.7. The van der Waals surface area contributed by atoms with Gasteiger partial charge in [-0.25, -0.2) is 4.39 Å². The van der Waals surface area contributed by atoms with Crippen molar-refractivity contribution < 1.29 is 4.39 Å². The van der Waals surface area contributed by atoms with Gasteiger partial charge in [-0.2, -0.15) is 11.8 Å². The average molecular weight is 214 g/mol. The molecule has 4 heteroatoms. The summed E-state index contributed by atoms with van der Waals surface area (Å²) in [5, 5.41) is 0. The highest BCUT2D eigenvalue weighted by Crippen LogP contribution is 2.14. The summed E-state index contributed by atoms with van der Waals surface area (Å²) in [7, 11) is 0. The van der Waals surface area contributed by atoms with Crippen LogP contribution in [-0.4, -0.2) is 17.3 Å². The number of rotatable bonds is 5. The van der Waals surface area contributed by atoms with Crippen LogP contribution in [0.2, 0.25) is 0 Å². The van der Waals surface area contributed by atoms with Crippen LogP contribution in [0.5, 0.6) is 0 Å². The van der Waals surface area contributed by atoms with E-state index in [9.17, 15) is 4.39 Å². The summed E-state index contributed by atoms with van der Waals surface area (Å²) in [6.07, 6.45) is 2.92. The molecule has 2 N–H and O–H groups in total. The van der Waals surface area contributed by atoms with E-state index < -0.39 is 0 Å². The van der Waals surface area contributed by atoms with Crippen LogP contribution in [-0.2, 0) is 5.75 Å². The molecule has 0 saturated carbocycles. The molecule has 0 amide bonds. The molecule has 0 spiro atoms. The first-order valence-corrected chi connectivity index (χ1v) is 5.75. The van der Waals surface area contributed by atoms with Gasteiger partial charge in [0.1, 0.15) is 5.82 Å². The summed E-state index contributed by atoms with van der Waals surface area (Å²) in [4.78, 5) is 3.79. The fourth-order valence-corrected chi connectivity index (χ4v) is 2.03. The molecule has 0 aliphatic rings. The normalized spacial score (nSPS) is 12.8. The number of hydrogen-bond acceptors (Lipinski definition) is 3. The van der Waals surface area contributed by atoms with Crippen LogP contribution < -0.4 is 5.73 Å². The molecule has 0 bridgehead atoms. The fourth-order valence-electron chi connectivity index (χ4n) is 0.981. The Kier molecular flexibility index (Phi) is 4.90. The summed E-state index contributed by atoms with van der Waals surface area (Å²) in [5.41, 5.74) is 6.42. The van der Waals surface area contributed by atoms with Crippen molar-refractivity contribution in [1.82, 2.24) is 4.98 Å². The van der Waals surface area contributed by atoms with E-state index in [0.29, 0.717) is 12.5 Å². The second kappa shape index (κ2) is 5.98. The third-order valence-corrected chi connectivity index (χ3v) is 3.18. The maximum Gasteiger partial charge on any atom is 0.141 e. The molecular weight excluding hydrogens is 199 g/mol. The highest BCUT2D eigenvalue weighted by molar-refractivity contribution is 7.98. The molecule has 1 aromatic rings. The van der Waals surface area contributed by atoms with E-state index in [1.807, 2.05) is 0 Å². The number of nitrogens with zero attached hydrogens (tertiary/aromatic N) is 1. The van der Waals surface area contributed by atoms with Gasteiger partial charge in [0.2, 0.25) is 0 Å². The lowest BCUT2D eigenvalue weighted by Crippen LogP contribution is -2.12. The standard InChI is InChI=1S/C10H15FN2S/c1-8(3-12)6-14-7-9-2-10(11)5-13-4-9/h2,4-5,8H,3,6-7,12H2,1H3. The van der Waals surface area contributed by atoms with Gasteiger partial charge >= 0.3 is 0 Å². The van der Waals surface area contributed by atoms with Gasteiger partial charge in [-0.15, -0.1) is 0 Å². The van der Waals surface area contributed by atoms with Crippen LogP contribution in [0.15, 0.2) is 18.5 Å². The van der Waals surface area contributed by atoms with Crippen LogP contribution in [0.4, 0.5) is 4.39 Å². The van der Waals surface area contributed by atoms with E-state index in [1.165, 1.54) is 12.3 Å². The van der Waals surface area contributed by atoms with Crippen molar-refractivity contribution in [3.63, 3.8) is 0 Å². The Labute approximate surface area is 88.1 Å². The second-order valence-corrected chi connectivity index (χ2v) is 4.40. The number of hydrogen-bond donors (Lipinski definition) is 1. The Morgan fingerprint density at radius 2 is 2.36 bits per heavy atom. The minimum atomic E-state index is -0.269. The zero-order valence-corrected chi connectivity index (χ0v) is 9.06. The van der Waals surface area contributed by atoms with Gasteiger partial charge in [-0.05, 0) is 29.8 Å². The number of thioether (sulfide) groups is 1. The zero-order chi connectivity index (χ0) is 10.4. The van der Waals surface area contributed by atoms with Gasteiger partial charge in [0.05, 0.1) is 6.20 Å². The number of pyridine rings is 1. The number of halogens is 1. The molecule has 0 aromatic carbocycles. The third kappa shape index (κ3) is 4.07. The minimum absolute atomic E-state index is 0.269. The van der Waals surface area contributed by atoms with Gasteiger partial charge in [0, 0.05) is 11.9 Å². The van der Waals surface area contributed by atoms with Crippen molar-refractivity contribution in [2.75, 3.05) is 12.3 Å². The summed E-state index contributed by atoms with van der Waals surface area (Å²) < 4.78 is 12.7. The van der Waals surface area contributed by atoms with Crippen LogP contribution in [0.25, 0.3) is 0 Å². The van der Waals surface area contributed by atoms with Crippen molar-refractivity contribution in [3.8, 4) is 0 Å². The Hall–Kier alpha value is -0.610. The predicted molar refractivity (Wildman–Crippen MR) is 58.6 cm³/mol.